The first-order valence-corrected chi connectivity index (χ1v) is 6.63. The average molecular weight is 233 g/mol. The molecule has 0 aromatic heterocycles. The lowest BCUT2D eigenvalue weighted by Crippen LogP contribution is -2.46. The SMILES string of the molecule is CCOC1CC(NC(C)c2ccc(C)cc2)C1. The van der Waals surface area contributed by atoms with Gasteiger partial charge < -0.3 is 10.1 Å². The second kappa shape index (κ2) is 5.65. The molecule has 1 saturated carbocycles. The van der Waals surface area contributed by atoms with E-state index in [-0.39, 0.29) is 0 Å². The van der Waals surface area contributed by atoms with E-state index in [1.165, 1.54) is 11.1 Å². The van der Waals surface area contributed by atoms with Gasteiger partial charge in [-0.2, -0.15) is 0 Å². The molecule has 17 heavy (non-hydrogen) atoms. The quantitative estimate of drug-likeness (QED) is 0.843. The van der Waals surface area contributed by atoms with Crippen molar-refractivity contribution in [3.63, 3.8) is 0 Å². The Kier molecular flexibility index (Phi) is 4.19. The summed E-state index contributed by atoms with van der Waals surface area (Å²) in [5.74, 6) is 0. The van der Waals surface area contributed by atoms with E-state index in [0.29, 0.717) is 18.2 Å². The predicted octanol–water partition coefficient (Wildman–Crippen LogP) is 3.21. The van der Waals surface area contributed by atoms with E-state index in [4.69, 9.17) is 4.74 Å². The van der Waals surface area contributed by atoms with E-state index >= 15 is 0 Å². The van der Waals surface area contributed by atoms with E-state index in [0.717, 1.165) is 19.4 Å². The highest BCUT2D eigenvalue weighted by Crippen LogP contribution is 2.26. The maximum Gasteiger partial charge on any atom is 0.0604 e. The highest BCUT2D eigenvalue weighted by atomic mass is 16.5. The fraction of sp³-hybridized carbons (Fsp3) is 0.600. The maximum absolute atomic E-state index is 5.57. The molecule has 0 amide bonds. The summed E-state index contributed by atoms with van der Waals surface area (Å²) in [6.45, 7) is 7.26. The zero-order valence-electron chi connectivity index (χ0n) is 11.1. The van der Waals surface area contributed by atoms with Gasteiger partial charge >= 0.3 is 0 Å². The van der Waals surface area contributed by atoms with Crippen LogP contribution in [0.15, 0.2) is 24.3 Å². The number of aryl methyl sites for hydroxylation is 1. The van der Waals surface area contributed by atoms with Gasteiger partial charge in [0.25, 0.3) is 0 Å². The van der Waals surface area contributed by atoms with Crippen molar-refractivity contribution in [1.82, 2.24) is 5.32 Å². The smallest absolute Gasteiger partial charge is 0.0604 e. The molecule has 1 N–H and O–H groups in total. The van der Waals surface area contributed by atoms with Crippen LogP contribution in [0.4, 0.5) is 0 Å². The molecular formula is C15H23NO. The molecule has 1 unspecified atom stereocenters. The van der Waals surface area contributed by atoms with Crippen LogP contribution in [-0.2, 0) is 4.74 Å². The largest absolute Gasteiger partial charge is 0.378 e. The van der Waals surface area contributed by atoms with Gasteiger partial charge in [0, 0.05) is 18.7 Å². The van der Waals surface area contributed by atoms with Crippen LogP contribution in [-0.4, -0.2) is 18.8 Å². The number of ether oxygens (including phenoxy) is 1. The Morgan fingerprint density at radius 3 is 2.53 bits per heavy atom. The summed E-state index contributed by atoms with van der Waals surface area (Å²) in [4.78, 5) is 0. The van der Waals surface area contributed by atoms with Gasteiger partial charge in [0.15, 0.2) is 0 Å². The van der Waals surface area contributed by atoms with Gasteiger partial charge in [0.05, 0.1) is 6.10 Å². The lowest BCUT2D eigenvalue weighted by atomic mass is 9.88. The highest BCUT2D eigenvalue weighted by molar-refractivity contribution is 5.23. The molecule has 1 aliphatic carbocycles. The van der Waals surface area contributed by atoms with Crippen molar-refractivity contribution in [3.8, 4) is 0 Å². The van der Waals surface area contributed by atoms with Crippen LogP contribution in [0, 0.1) is 6.92 Å². The summed E-state index contributed by atoms with van der Waals surface area (Å²) in [6.07, 6.45) is 2.80. The van der Waals surface area contributed by atoms with Gasteiger partial charge in [-0.25, -0.2) is 0 Å². The molecular weight excluding hydrogens is 210 g/mol. The van der Waals surface area contributed by atoms with Crippen molar-refractivity contribution in [2.45, 2.75) is 51.8 Å². The fourth-order valence-corrected chi connectivity index (χ4v) is 2.38. The van der Waals surface area contributed by atoms with Gasteiger partial charge in [-0.15, -0.1) is 0 Å². The van der Waals surface area contributed by atoms with Gasteiger partial charge in [0.2, 0.25) is 0 Å². The lowest BCUT2D eigenvalue weighted by Gasteiger charge is -2.37. The monoisotopic (exact) mass is 233 g/mol. The second-order valence-electron chi connectivity index (χ2n) is 5.04. The van der Waals surface area contributed by atoms with Crippen LogP contribution in [0.1, 0.15) is 43.9 Å². The van der Waals surface area contributed by atoms with Crippen LogP contribution >= 0.6 is 0 Å². The highest BCUT2D eigenvalue weighted by Gasteiger charge is 2.30. The molecule has 1 fully saturated rings. The number of rotatable bonds is 5. The molecule has 2 heteroatoms. The van der Waals surface area contributed by atoms with Crippen molar-refractivity contribution in [3.05, 3.63) is 35.4 Å². The Bertz CT molecular complexity index is 340. The minimum Gasteiger partial charge on any atom is -0.378 e. The second-order valence-corrected chi connectivity index (χ2v) is 5.04. The molecule has 0 spiro atoms. The molecule has 94 valence electrons. The Balaban J connectivity index is 1.78. The van der Waals surface area contributed by atoms with E-state index in [2.05, 4.69) is 50.4 Å². The molecule has 0 heterocycles. The predicted molar refractivity (Wildman–Crippen MR) is 71.2 cm³/mol. The summed E-state index contributed by atoms with van der Waals surface area (Å²) in [5.41, 5.74) is 2.69. The zero-order chi connectivity index (χ0) is 12.3. The maximum atomic E-state index is 5.57. The molecule has 1 aromatic carbocycles. The minimum atomic E-state index is 0.433. The van der Waals surface area contributed by atoms with Crippen molar-refractivity contribution < 1.29 is 4.74 Å². The van der Waals surface area contributed by atoms with Gasteiger partial charge in [-0.3, -0.25) is 0 Å². The van der Waals surface area contributed by atoms with Crippen LogP contribution in [0.25, 0.3) is 0 Å². The number of nitrogens with one attached hydrogen (secondary N) is 1. The zero-order valence-corrected chi connectivity index (χ0v) is 11.1. The van der Waals surface area contributed by atoms with Crippen molar-refractivity contribution >= 4 is 0 Å². The third-order valence-electron chi connectivity index (χ3n) is 3.56. The van der Waals surface area contributed by atoms with Crippen LogP contribution in [0.2, 0.25) is 0 Å². The van der Waals surface area contributed by atoms with Crippen molar-refractivity contribution in [1.29, 1.82) is 0 Å². The number of benzene rings is 1. The number of hydrogen-bond acceptors (Lipinski definition) is 2. The van der Waals surface area contributed by atoms with Crippen molar-refractivity contribution in [2.75, 3.05) is 6.61 Å². The van der Waals surface area contributed by atoms with E-state index in [1.807, 2.05) is 0 Å². The first-order valence-electron chi connectivity index (χ1n) is 6.63. The third-order valence-corrected chi connectivity index (χ3v) is 3.56. The molecule has 1 aliphatic rings. The van der Waals surface area contributed by atoms with Gasteiger partial charge in [0.1, 0.15) is 0 Å². The summed E-state index contributed by atoms with van der Waals surface area (Å²) in [5, 5.41) is 3.66. The minimum absolute atomic E-state index is 0.433. The van der Waals surface area contributed by atoms with Crippen LogP contribution in [0.5, 0.6) is 0 Å². The summed E-state index contributed by atoms with van der Waals surface area (Å²) >= 11 is 0. The summed E-state index contributed by atoms with van der Waals surface area (Å²) < 4.78 is 5.57. The topological polar surface area (TPSA) is 21.3 Å². The van der Waals surface area contributed by atoms with E-state index in [1.54, 1.807) is 0 Å². The normalized spacial score (nSPS) is 25.4. The number of hydrogen-bond donors (Lipinski definition) is 1. The fourth-order valence-electron chi connectivity index (χ4n) is 2.38. The molecule has 0 radical (unpaired) electrons. The van der Waals surface area contributed by atoms with Gasteiger partial charge in [-0.05, 0) is 39.2 Å². The van der Waals surface area contributed by atoms with E-state index < -0.39 is 0 Å². The molecule has 0 saturated heterocycles. The summed E-state index contributed by atoms with van der Waals surface area (Å²) in [7, 11) is 0. The Morgan fingerprint density at radius 2 is 1.94 bits per heavy atom. The first kappa shape index (κ1) is 12.6. The molecule has 0 aliphatic heterocycles. The van der Waals surface area contributed by atoms with Crippen LogP contribution in [0.3, 0.4) is 0 Å². The Morgan fingerprint density at radius 1 is 1.29 bits per heavy atom. The molecule has 0 bridgehead atoms. The Hall–Kier alpha value is -0.860. The standard InChI is InChI=1S/C15H23NO/c1-4-17-15-9-14(10-15)16-12(3)13-7-5-11(2)6-8-13/h5-8,12,14-16H,4,9-10H2,1-3H3. The lowest BCUT2D eigenvalue weighted by molar-refractivity contribution is -0.0120. The molecule has 2 nitrogen and oxygen atoms in total. The first-order chi connectivity index (χ1) is 8.19. The molecule has 1 atom stereocenters. The van der Waals surface area contributed by atoms with E-state index in [9.17, 15) is 0 Å². The van der Waals surface area contributed by atoms with Crippen molar-refractivity contribution in [2.24, 2.45) is 0 Å². The Labute approximate surface area is 104 Å². The summed E-state index contributed by atoms with van der Waals surface area (Å²) in [6, 6.07) is 9.84. The average Bonchev–Trinajstić information content (AvgIpc) is 2.27. The molecule has 2 rings (SSSR count). The van der Waals surface area contributed by atoms with Crippen LogP contribution < -0.4 is 5.32 Å². The molecule has 1 aromatic rings. The van der Waals surface area contributed by atoms with Gasteiger partial charge in [-0.1, -0.05) is 29.8 Å². The third kappa shape index (κ3) is 3.30.